The quantitative estimate of drug-likeness (QED) is 0.747. The summed E-state index contributed by atoms with van der Waals surface area (Å²) >= 11 is 1.58. The Morgan fingerprint density at radius 2 is 2.15 bits per heavy atom. The molecule has 26 heavy (non-hydrogen) atoms. The van der Waals surface area contributed by atoms with E-state index in [0.29, 0.717) is 23.0 Å². The first-order chi connectivity index (χ1) is 12.6. The number of pyridine rings is 1. The highest BCUT2D eigenvalue weighted by Crippen LogP contribution is 2.27. The lowest BCUT2D eigenvalue weighted by Gasteiger charge is -2.22. The summed E-state index contributed by atoms with van der Waals surface area (Å²) in [6.45, 7) is 1.94. The molecule has 1 saturated heterocycles. The summed E-state index contributed by atoms with van der Waals surface area (Å²) in [5.74, 6) is 1.24. The number of aryl methyl sites for hydroxylation is 1. The highest BCUT2D eigenvalue weighted by molar-refractivity contribution is 7.99. The second kappa shape index (κ2) is 6.84. The Labute approximate surface area is 155 Å². The number of nitrogens with zero attached hydrogens (tertiary/aromatic N) is 2. The fourth-order valence-corrected chi connectivity index (χ4v) is 4.23. The molecule has 1 fully saturated rings. The molecule has 2 N–H and O–H groups in total. The van der Waals surface area contributed by atoms with Gasteiger partial charge in [-0.15, -0.1) is 11.8 Å². The van der Waals surface area contributed by atoms with E-state index in [0.717, 1.165) is 16.5 Å². The van der Waals surface area contributed by atoms with Crippen molar-refractivity contribution in [2.24, 2.45) is 0 Å². The van der Waals surface area contributed by atoms with Crippen molar-refractivity contribution in [3.63, 3.8) is 0 Å². The molecule has 3 aromatic rings. The average molecular weight is 366 g/mol. The number of aromatic amines is 1. The molecule has 3 heterocycles. The maximum atomic E-state index is 13.0. The number of thioether (sulfide) groups is 1. The van der Waals surface area contributed by atoms with Gasteiger partial charge in [0.2, 0.25) is 5.91 Å². The molecule has 6 nitrogen and oxygen atoms in total. The molecule has 1 atom stereocenters. The predicted octanol–water partition coefficient (Wildman–Crippen LogP) is 3.03. The third kappa shape index (κ3) is 3.06. The molecule has 132 valence electrons. The zero-order valence-corrected chi connectivity index (χ0v) is 15.0. The van der Waals surface area contributed by atoms with E-state index in [9.17, 15) is 9.59 Å². The first-order valence-electron chi connectivity index (χ1n) is 8.32. The van der Waals surface area contributed by atoms with Crippen molar-refractivity contribution in [3.8, 4) is 0 Å². The number of H-pyrrole nitrogens is 1. The van der Waals surface area contributed by atoms with E-state index in [4.69, 9.17) is 0 Å². The van der Waals surface area contributed by atoms with Gasteiger partial charge < -0.3 is 15.2 Å². The number of amides is 2. The standard InChI is InChI=1S/C19H18N4O2S/c1-12-6-7-20-17(8-12)22-18(24)16-10-26-11-23(16)19(25)14-9-21-15-5-3-2-4-13(14)15/h2-9,16,21H,10-11H2,1H3,(H,20,22,24). The minimum atomic E-state index is -0.511. The Balaban J connectivity index is 1.56. The number of carbonyl (C=O) groups is 2. The molecule has 1 unspecified atom stereocenters. The molecule has 0 spiro atoms. The van der Waals surface area contributed by atoms with Crippen molar-refractivity contribution >= 4 is 40.3 Å². The van der Waals surface area contributed by atoms with Crippen LogP contribution in [-0.4, -0.2) is 44.4 Å². The Morgan fingerprint density at radius 1 is 1.31 bits per heavy atom. The predicted molar refractivity (Wildman–Crippen MR) is 103 cm³/mol. The first-order valence-corrected chi connectivity index (χ1v) is 9.47. The molecule has 1 aromatic carbocycles. The van der Waals surface area contributed by atoms with Crippen LogP contribution in [0, 0.1) is 6.92 Å². The number of carbonyl (C=O) groups excluding carboxylic acids is 2. The van der Waals surface area contributed by atoms with Crippen LogP contribution in [0.25, 0.3) is 10.9 Å². The van der Waals surface area contributed by atoms with E-state index in [-0.39, 0.29) is 11.8 Å². The highest BCUT2D eigenvalue weighted by Gasteiger charge is 2.36. The summed E-state index contributed by atoms with van der Waals surface area (Å²) in [5, 5.41) is 3.70. The fourth-order valence-electron chi connectivity index (χ4n) is 3.08. The fraction of sp³-hybridized carbons (Fsp3) is 0.211. The zero-order valence-electron chi connectivity index (χ0n) is 14.2. The Morgan fingerprint density at radius 3 is 3.00 bits per heavy atom. The summed E-state index contributed by atoms with van der Waals surface area (Å²) in [7, 11) is 0. The van der Waals surface area contributed by atoms with Gasteiger partial charge in [-0.25, -0.2) is 4.98 Å². The van der Waals surface area contributed by atoms with E-state index >= 15 is 0 Å². The Hall–Kier alpha value is -2.80. The summed E-state index contributed by atoms with van der Waals surface area (Å²) in [4.78, 5) is 34.7. The maximum absolute atomic E-state index is 13.0. The van der Waals surface area contributed by atoms with Crippen LogP contribution in [0.15, 0.2) is 48.8 Å². The summed E-state index contributed by atoms with van der Waals surface area (Å²) < 4.78 is 0. The van der Waals surface area contributed by atoms with Crippen LogP contribution >= 0.6 is 11.8 Å². The zero-order chi connectivity index (χ0) is 18.1. The summed E-state index contributed by atoms with van der Waals surface area (Å²) in [5.41, 5.74) is 2.52. The number of nitrogens with one attached hydrogen (secondary N) is 2. The van der Waals surface area contributed by atoms with Gasteiger partial charge in [-0.05, 0) is 30.7 Å². The van der Waals surface area contributed by atoms with Crippen molar-refractivity contribution in [2.75, 3.05) is 16.9 Å². The molecule has 0 saturated carbocycles. The van der Waals surface area contributed by atoms with Crippen LogP contribution < -0.4 is 5.32 Å². The number of rotatable bonds is 3. The summed E-state index contributed by atoms with van der Waals surface area (Å²) in [6.07, 6.45) is 3.37. The monoisotopic (exact) mass is 366 g/mol. The minimum Gasteiger partial charge on any atom is -0.360 e. The second-order valence-electron chi connectivity index (χ2n) is 6.25. The average Bonchev–Trinajstić information content (AvgIpc) is 3.28. The van der Waals surface area contributed by atoms with Crippen LogP contribution in [0.4, 0.5) is 5.82 Å². The lowest BCUT2D eigenvalue weighted by Crippen LogP contribution is -2.44. The van der Waals surface area contributed by atoms with Gasteiger partial charge in [0.25, 0.3) is 5.91 Å². The lowest BCUT2D eigenvalue weighted by molar-refractivity contribution is -0.119. The van der Waals surface area contributed by atoms with Gasteiger partial charge >= 0.3 is 0 Å². The topological polar surface area (TPSA) is 78.1 Å². The number of anilines is 1. The Bertz CT molecular complexity index is 984. The van der Waals surface area contributed by atoms with Gasteiger partial charge in [-0.1, -0.05) is 18.2 Å². The van der Waals surface area contributed by atoms with E-state index in [1.807, 2.05) is 43.3 Å². The molecular weight excluding hydrogens is 348 g/mol. The molecule has 4 rings (SSSR count). The maximum Gasteiger partial charge on any atom is 0.257 e. The molecule has 1 aliphatic rings. The molecule has 1 aliphatic heterocycles. The van der Waals surface area contributed by atoms with Gasteiger partial charge in [0.05, 0.1) is 11.4 Å². The largest absolute Gasteiger partial charge is 0.360 e. The second-order valence-corrected chi connectivity index (χ2v) is 7.25. The minimum absolute atomic E-state index is 0.134. The number of para-hydroxylation sites is 1. The third-order valence-electron chi connectivity index (χ3n) is 4.43. The van der Waals surface area contributed by atoms with Crippen molar-refractivity contribution < 1.29 is 9.59 Å². The van der Waals surface area contributed by atoms with Gasteiger partial charge in [0.1, 0.15) is 11.9 Å². The molecular formula is C19H18N4O2S. The molecule has 7 heteroatoms. The third-order valence-corrected chi connectivity index (χ3v) is 5.44. The van der Waals surface area contributed by atoms with Crippen LogP contribution in [0.2, 0.25) is 0 Å². The van der Waals surface area contributed by atoms with Crippen molar-refractivity contribution in [2.45, 2.75) is 13.0 Å². The number of fused-ring (bicyclic) bond motifs is 1. The molecule has 0 radical (unpaired) electrons. The SMILES string of the molecule is Cc1ccnc(NC(=O)C2CSCN2C(=O)c2c[nH]c3ccccc23)c1. The molecule has 2 aromatic heterocycles. The highest BCUT2D eigenvalue weighted by atomic mass is 32.2. The van der Waals surface area contributed by atoms with Crippen LogP contribution in [0.5, 0.6) is 0 Å². The van der Waals surface area contributed by atoms with Gasteiger partial charge in [0.15, 0.2) is 0 Å². The first kappa shape index (κ1) is 16.7. The van der Waals surface area contributed by atoms with Crippen LogP contribution in [-0.2, 0) is 4.79 Å². The van der Waals surface area contributed by atoms with Crippen molar-refractivity contribution in [1.29, 1.82) is 0 Å². The van der Waals surface area contributed by atoms with Crippen LogP contribution in [0.3, 0.4) is 0 Å². The van der Waals surface area contributed by atoms with E-state index in [2.05, 4.69) is 15.3 Å². The van der Waals surface area contributed by atoms with Gasteiger partial charge in [-0.3, -0.25) is 9.59 Å². The van der Waals surface area contributed by atoms with E-state index in [1.54, 1.807) is 29.1 Å². The number of benzene rings is 1. The number of hydrogen-bond acceptors (Lipinski definition) is 4. The van der Waals surface area contributed by atoms with Crippen molar-refractivity contribution in [3.05, 3.63) is 59.9 Å². The number of hydrogen-bond donors (Lipinski definition) is 2. The van der Waals surface area contributed by atoms with E-state index in [1.165, 1.54) is 0 Å². The molecule has 0 aliphatic carbocycles. The van der Waals surface area contributed by atoms with Gasteiger partial charge in [-0.2, -0.15) is 0 Å². The number of aromatic nitrogens is 2. The Kier molecular flexibility index (Phi) is 4.38. The lowest BCUT2D eigenvalue weighted by atomic mass is 10.1. The summed E-state index contributed by atoms with van der Waals surface area (Å²) in [6, 6.07) is 10.8. The van der Waals surface area contributed by atoms with E-state index < -0.39 is 6.04 Å². The smallest absolute Gasteiger partial charge is 0.257 e. The normalized spacial score (nSPS) is 16.8. The van der Waals surface area contributed by atoms with Crippen molar-refractivity contribution in [1.82, 2.24) is 14.9 Å². The molecule has 2 amide bonds. The van der Waals surface area contributed by atoms with Crippen LogP contribution in [0.1, 0.15) is 15.9 Å². The molecule has 0 bridgehead atoms. The van der Waals surface area contributed by atoms with Gasteiger partial charge in [0, 0.05) is 29.0 Å².